The Morgan fingerprint density at radius 3 is 2.61 bits per heavy atom. The van der Waals surface area contributed by atoms with E-state index in [-0.39, 0.29) is 0 Å². The number of rotatable bonds is 6. The van der Waals surface area contributed by atoms with E-state index in [1.54, 1.807) is 24.3 Å². The number of nitrogens with one attached hydrogen (secondary N) is 1. The van der Waals surface area contributed by atoms with Gasteiger partial charge >= 0.3 is 0 Å². The fourth-order valence-electron chi connectivity index (χ4n) is 2.05. The van der Waals surface area contributed by atoms with E-state index >= 15 is 0 Å². The van der Waals surface area contributed by atoms with Gasteiger partial charge in [-0.15, -0.1) is 0 Å². The summed E-state index contributed by atoms with van der Waals surface area (Å²) in [6.45, 7) is 2.78. The first-order chi connectivity index (χ1) is 10.9. The number of nitrogens with two attached hydrogens (primary N) is 1. The van der Waals surface area contributed by atoms with Gasteiger partial charge in [-0.1, -0.05) is 0 Å². The molecule has 1 aromatic rings. The normalized spacial score (nSPS) is 16.2. The SMILES string of the molecule is CS(=O)(=O)Nc1ccc(OCCN=C(N)N2CCSCC2)cc1. The second-order valence-electron chi connectivity index (χ2n) is 5.09. The van der Waals surface area contributed by atoms with Gasteiger partial charge in [-0.25, -0.2) is 13.4 Å². The zero-order valence-corrected chi connectivity index (χ0v) is 14.7. The van der Waals surface area contributed by atoms with E-state index in [1.165, 1.54) is 0 Å². The van der Waals surface area contributed by atoms with E-state index in [0.717, 1.165) is 30.9 Å². The molecule has 1 aliphatic heterocycles. The maximum absolute atomic E-state index is 11.1. The smallest absolute Gasteiger partial charge is 0.229 e. The lowest BCUT2D eigenvalue weighted by molar-refractivity contribution is 0.327. The van der Waals surface area contributed by atoms with Gasteiger partial charge in [-0.2, -0.15) is 11.8 Å². The number of hydrogen-bond donors (Lipinski definition) is 2. The molecule has 1 fully saturated rings. The molecule has 0 atom stereocenters. The number of nitrogens with zero attached hydrogens (tertiary/aromatic N) is 2. The molecule has 1 saturated heterocycles. The highest BCUT2D eigenvalue weighted by molar-refractivity contribution is 7.99. The molecular weight excluding hydrogens is 336 g/mol. The van der Waals surface area contributed by atoms with Crippen LogP contribution < -0.4 is 15.2 Å². The van der Waals surface area contributed by atoms with Crippen molar-refractivity contribution in [2.75, 3.05) is 48.7 Å². The Morgan fingerprint density at radius 2 is 2.00 bits per heavy atom. The van der Waals surface area contributed by atoms with Crippen LogP contribution in [0.25, 0.3) is 0 Å². The van der Waals surface area contributed by atoms with E-state index in [9.17, 15) is 8.42 Å². The van der Waals surface area contributed by atoms with Crippen LogP contribution in [0.3, 0.4) is 0 Å². The standard InChI is InChI=1S/C14H22N4O3S2/c1-23(19,20)17-12-2-4-13(5-3-12)21-9-6-16-14(15)18-7-10-22-11-8-18/h2-5,17H,6-11H2,1H3,(H2,15,16). The Bertz CT molecular complexity index is 626. The summed E-state index contributed by atoms with van der Waals surface area (Å²) in [5, 5.41) is 0. The summed E-state index contributed by atoms with van der Waals surface area (Å²) in [5.74, 6) is 3.40. The highest BCUT2D eigenvalue weighted by Gasteiger charge is 2.11. The molecule has 0 aromatic heterocycles. The largest absolute Gasteiger partial charge is 0.492 e. The Hall–Kier alpha value is -1.61. The Labute approximate surface area is 141 Å². The zero-order chi connectivity index (χ0) is 16.7. The van der Waals surface area contributed by atoms with Crippen LogP contribution in [-0.4, -0.2) is 63.3 Å². The fourth-order valence-corrected chi connectivity index (χ4v) is 3.52. The van der Waals surface area contributed by atoms with Crippen molar-refractivity contribution < 1.29 is 13.2 Å². The minimum atomic E-state index is -3.26. The molecule has 9 heteroatoms. The minimum absolute atomic E-state index is 0.419. The first-order valence-electron chi connectivity index (χ1n) is 7.27. The number of hydrogen-bond acceptors (Lipinski definition) is 5. The molecule has 1 aromatic carbocycles. The summed E-state index contributed by atoms with van der Waals surface area (Å²) in [6.07, 6.45) is 1.11. The van der Waals surface area contributed by atoms with Crippen LogP contribution in [0.15, 0.2) is 29.3 Å². The summed E-state index contributed by atoms with van der Waals surface area (Å²) < 4.78 is 30.2. The quantitative estimate of drug-likeness (QED) is 0.444. The van der Waals surface area contributed by atoms with Gasteiger partial charge in [-0.05, 0) is 24.3 Å². The molecule has 0 aliphatic carbocycles. The maximum Gasteiger partial charge on any atom is 0.229 e. The fraction of sp³-hybridized carbons (Fsp3) is 0.500. The van der Waals surface area contributed by atoms with Gasteiger partial charge in [0, 0.05) is 30.3 Å². The number of guanidine groups is 1. The highest BCUT2D eigenvalue weighted by Crippen LogP contribution is 2.16. The predicted molar refractivity (Wildman–Crippen MR) is 95.8 cm³/mol. The van der Waals surface area contributed by atoms with E-state index < -0.39 is 10.0 Å². The van der Waals surface area contributed by atoms with Crippen LogP contribution in [0, 0.1) is 0 Å². The molecule has 0 radical (unpaired) electrons. The number of aliphatic imine (C=N–C) groups is 1. The average molecular weight is 358 g/mol. The van der Waals surface area contributed by atoms with Crippen molar-refractivity contribution >= 4 is 33.4 Å². The lowest BCUT2D eigenvalue weighted by Crippen LogP contribution is -2.42. The molecule has 128 valence electrons. The molecule has 1 heterocycles. The number of benzene rings is 1. The molecular formula is C14H22N4O3S2. The third kappa shape index (κ3) is 6.57. The van der Waals surface area contributed by atoms with Crippen molar-refractivity contribution in [2.24, 2.45) is 10.7 Å². The summed E-state index contributed by atoms with van der Waals surface area (Å²) in [7, 11) is -3.26. The molecule has 1 aliphatic rings. The molecule has 7 nitrogen and oxygen atoms in total. The first-order valence-corrected chi connectivity index (χ1v) is 10.3. The molecule has 2 rings (SSSR count). The van der Waals surface area contributed by atoms with Crippen LogP contribution in [0.5, 0.6) is 5.75 Å². The van der Waals surface area contributed by atoms with Crippen molar-refractivity contribution in [3.63, 3.8) is 0 Å². The van der Waals surface area contributed by atoms with Crippen molar-refractivity contribution in [2.45, 2.75) is 0 Å². The second-order valence-corrected chi connectivity index (χ2v) is 8.06. The molecule has 23 heavy (non-hydrogen) atoms. The van der Waals surface area contributed by atoms with E-state index in [4.69, 9.17) is 10.5 Å². The number of anilines is 1. The van der Waals surface area contributed by atoms with Gasteiger partial charge in [0.1, 0.15) is 12.4 Å². The van der Waals surface area contributed by atoms with Gasteiger partial charge in [0.05, 0.1) is 12.8 Å². The molecule has 0 unspecified atom stereocenters. The predicted octanol–water partition coefficient (Wildman–Crippen LogP) is 0.800. The van der Waals surface area contributed by atoms with Crippen molar-refractivity contribution in [3.8, 4) is 5.75 Å². The van der Waals surface area contributed by atoms with Gasteiger partial charge < -0.3 is 15.4 Å². The first kappa shape index (κ1) is 17.7. The van der Waals surface area contributed by atoms with E-state index in [1.807, 2.05) is 11.8 Å². The molecule has 3 N–H and O–H groups in total. The van der Waals surface area contributed by atoms with Crippen LogP contribution >= 0.6 is 11.8 Å². The Kier molecular flexibility index (Phi) is 6.40. The number of ether oxygens (including phenoxy) is 1. The maximum atomic E-state index is 11.1. The Balaban J connectivity index is 1.75. The van der Waals surface area contributed by atoms with E-state index in [0.29, 0.717) is 30.5 Å². The van der Waals surface area contributed by atoms with Gasteiger partial charge in [-0.3, -0.25) is 4.72 Å². The topological polar surface area (TPSA) is 97.0 Å². The third-order valence-corrected chi connectivity index (χ3v) is 4.68. The van der Waals surface area contributed by atoms with E-state index in [2.05, 4.69) is 14.6 Å². The molecule has 0 saturated carbocycles. The van der Waals surface area contributed by atoms with Gasteiger partial charge in [0.25, 0.3) is 0 Å². The monoisotopic (exact) mass is 358 g/mol. The van der Waals surface area contributed by atoms with Crippen molar-refractivity contribution in [3.05, 3.63) is 24.3 Å². The van der Waals surface area contributed by atoms with Gasteiger partial charge in [0.15, 0.2) is 5.96 Å². The van der Waals surface area contributed by atoms with Gasteiger partial charge in [0.2, 0.25) is 10.0 Å². The summed E-state index contributed by atoms with van der Waals surface area (Å²) in [5.41, 5.74) is 6.46. The molecule has 0 bridgehead atoms. The number of thioether (sulfide) groups is 1. The van der Waals surface area contributed by atoms with Crippen LogP contribution in [0.4, 0.5) is 5.69 Å². The van der Waals surface area contributed by atoms with Crippen LogP contribution in [0.1, 0.15) is 0 Å². The minimum Gasteiger partial charge on any atom is -0.492 e. The van der Waals surface area contributed by atoms with Crippen molar-refractivity contribution in [1.29, 1.82) is 0 Å². The zero-order valence-electron chi connectivity index (χ0n) is 13.1. The summed E-state index contributed by atoms with van der Waals surface area (Å²) in [6, 6.07) is 6.73. The lowest BCUT2D eigenvalue weighted by atomic mass is 10.3. The van der Waals surface area contributed by atoms with Crippen LogP contribution in [-0.2, 0) is 10.0 Å². The lowest BCUT2D eigenvalue weighted by Gasteiger charge is -2.27. The highest BCUT2D eigenvalue weighted by atomic mass is 32.2. The van der Waals surface area contributed by atoms with Crippen LogP contribution in [0.2, 0.25) is 0 Å². The molecule has 0 spiro atoms. The summed E-state index contributed by atoms with van der Waals surface area (Å²) in [4.78, 5) is 6.41. The van der Waals surface area contributed by atoms with Crippen molar-refractivity contribution in [1.82, 2.24) is 4.90 Å². The second kappa shape index (κ2) is 8.30. The molecule has 0 amide bonds. The summed E-state index contributed by atoms with van der Waals surface area (Å²) >= 11 is 1.93. The Morgan fingerprint density at radius 1 is 1.35 bits per heavy atom. The number of sulfonamides is 1. The third-order valence-electron chi connectivity index (χ3n) is 3.13. The average Bonchev–Trinajstić information content (AvgIpc) is 2.52.